The topological polar surface area (TPSA) is 65.4 Å². The summed E-state index contributed by atoms with van der Waals surface area (Å²) in [6.45, 7) is 8.05. The van der Waals surface area contributed by atoms with Crippen molar-refractivity contribution >= 4 is 11.6 Å². The van der Waals surface area contributed by atoms with Crippen LogP contribution in [0.4, 0.5) is 0 Å². The van der Waals surface area contributed by atoms with Crippen molar-refractivity contribution in [3.05, 3.63) is 40.6 Å². The van der Waals surface area contributed by atoms with E-state index in [1.54, 1.807) is 20.1 Å². The van der Waals surface area contributed by atoms with Crippen molar-refractivity contribution in [2.45, 2.75) is 40.2 Å². The molecule has 1 fully saturated rings. The summed E-state index contributed by atoms with van der Waals surface area (Å²) in [6, 6.07) is 3.94. The Hall–Kier alpha value is -2.30. The molecule has 1 amide bonds. The van der Waals surface area contributed by atoms with Crippen LogP contribution in [-0.2, 0) is 11.3 Å². The normalized spacial score (nSPS) is 14.7. The van der Waals surface area contributed by atoms with E-state index < -0.39 is 0 Å². The van der Waals surface area contributed by atoms with Crippen molar-refractivity contribution in [2.24, 2.45) is 0 Å². The third-order valence-corrected chi connectivity index (χ3v) is 4.54. The molecule has 0 saturated carbocycles. The van der Waals surface area contributed by atoms with Crippen LogP contribution in [-0.4, -0.2) is 36.7 Å². The Morgan fingerprint density at radius 1 is 1.33 bits per heavy atom. The maximum atomic E-state index is 12.3. The first-order valence-corrected chi connectivity index (χ1v) is 8.37. The van der Waals surface area contributed by atoms with E-state index in [1.165, 1.54) is 0 Å². The number of ether oxygens (including phenoxy) is 1. The predicted octanol–water partition coefficient (Wildman–Crippen LogP) is 2.95. The van der Waals surface area contributed by atoms with Crippen LogP contribution in [0.15, 0.2) is 23.9 Å². The van der Waals surface area contributed by atoms with Gasteiger partial charge >= 0.3 is 0 Å². The standard InChI is InChI=1S/C19H27N3O2/c1-13-7-8-18(24-4)14(2)16(13)12-21-19(23)11-17(15(3)20)22-9-5-6-10-22/h7-8,11,20H,5-6,9-10,12H2,1-4H3,(H,21,23)/b17-11+,20-15?. The van der Waals surface area contributed by atoms with Crippen LogP contribution in [0.5, 0.6) is 5.75 Å². The van der Waals surface area contributed by atoms with Crippen molar-refractivity contribution in [1.82, 2.24) is 10.2 Å². The smallest absolute Gasteiger partial charge is 0.246 e. The maximum Gasteiger partial charge on any atom is 0.246 e. The molecule has 5 heteroatoms. The Morgan fingerprint density at radius 3 is 2.58 bits per heavy atom. The van der Waals surface area contributed by atoms with E-state index in [0.717, 1.165) is 54.1 Å². The number of carbonyl (C=O) groups excluding carboxylic acids is 1. The molecular formula is C19H27N3O2. The lowest BCUT2D eigenvalue weighted by Crippen LogP contribution is -2.27. The first-order valence-electron chi connectivity index (χ1n) is 8.37. The number of amides is 1. The molecule has 1 aliphatic heterocycles. The van der Waals surface area contributed by atoms with Crippen LogP contribution >= 0.6 is 0 Å². The molecule has 0 radical (unpaired) electrons. The van der Waals surface area contributed by atoms with Gasteiger partial charge < -0.3 is 20.4 Å². The van der Waals surface area contributed by atoms with Crippen LogP contribution in [0.1, 0.15) is 36.5 Å². The molecule has 5 nitrogen and oxygen atoms in total. The third-order valence-electron chi connectivity index (χ3n) is 4.54. The first kappa shape index (κ1) is 18.0. The summed E-state index contributed by atoms with van der Waals surface area (Å²) in [5, 5.41) is 10.9. The van der Waals surface area contributed by atoms with Gasteiger partial charge in [0.2, 0.25) is 5.91 Å². The van der Waals surface area contributed by atoms with E-state index in [2.05, 4.69) is 10.2 Å². The minimum Gasteiger partial charge on any atom is -0.496 e. The van der Waals surface area contributed by atoms with Crippen molar-refractivity contribution in [2.75, 3.05) is 20.2 Å². The lowest BCUT2D eigenvalue weighted by atomic mass is 10.0. The second-order valence-electron chi connectivity index (χ2n) is 6.25. The molecule has 1 saturated heterocycles. The number of rotatable bonds is 6. The highest BCUT2D eigenvalue weighted by Crippen LogP contribution is 2.24. The summed E-state index contributed by atoms with van der Waals surface area (Å²) in [5.41, 5.74) is 4.40. The van der Waals surface area contributed by atoms with Crippen LogP contribution in [0.2, 0.25) is 0 Å². The number of nitrogens with one attached hydrogen (secondary N) is 2. The lowest BCUT2D eigenvalue weighted by Gasteiger charge is -2.20. The van der Waals surface area contributed by atoms with Crippen LogP contribution in [0, 0.1) is 19.3 Å². The summed E-state index contributed by atoms with van der Waals surface area (Å²) >= 11 is 0. The summed E-state index contributed by atoms with van der Waals surface area (Å²) in [6.07, 6.45) is 3.79. The van der Waals surface area contributed by atoms with Gasteiger partial charge in [-0.2, -0.15) is 0 Å². The number of benzene rings is 1. The van der Waals surface area contributed by atoms with E-state index >= 15 is 0 Å². The maximum absolute atomic E-state index is 12.3. The van der Waals surface area contributed by atoms with Gasteiger partial charge in [0.1, 0.15) is 5.75 Å². The Labute approximate surface area is 144 Å². The number of allylic oxidation sites excluding steroid dienone is 1. The van der Waals surface area contributed by atoms with Gasteiger partial charge in [-0.25, -0.2) is 0 Å². The zero-order valence-electron chi connectivity index (χ0n) is 15.0. The molecule has 0 aromatic heterocycles. The number of nitrogens with zero attached hydrogens (tertiary/aromatic N) is 1. The van der Waals surface area contributed by atoms with Gasteiger partial charge in [0.15, 0.2) is 0 Å². The highest BCUT2D eigenvalue weighted by molar-refractivity contribution is 6.01. The molecule has 2 rings (SSSR count). The number of hydrogen-bond donors (Lipinski definition) is 2. The molecule has 1 aromatic rings. The molecule has 1 aromatic carbocycles. The number of aryl methyl sites for hydroxylation is 1. The Bertz CT molecular complexity index is 659. The second kappa shape index (κ2) is 7.99. The van der Waals surface area contributed by atoms with Crippen molar-refractivity contribution in [3.8, 4) is 5.75 Å². The molecule has 2 N–H and O–H groups in total. The molecular weight excluding hydrogens is 302 g/mol. The monoisotopic (exact) mass is 329 g/mol. The van der Waals surface area contributed by atoms with E-state index in [4.69, 9.17) is 10.1 Å². The number of likely N-dealkylation sites (tertiary alicyclic amines) is 1. The molecule has 0 unspecified atom stereocenters. The second-order valence-corrected chi connectivity index (χ2v) is 6.25. The first-order chi connectivity index (χ1) is 11.4. The molecule has 1 aliphatic rings. The molecule has 0 aliphatic carbocycles. The fourth-order valence-corrected chi connectivity index (χ4v) is 3.11. The Balaban J connectivity index is 2.10. The minimum atomic E-state index is -0.162. The largest absolute Gasteiger partial charge is 0.496 e. The number of carbonyl (C=O) groups is 1. The average molecular weight is 329 g/mol. The number of methoxy groups -OCH3 is 1. The van der Waals surface area contributed by atoms with Crippen molar-refractivity contribution < 1.29 is 9.53 Å². The molecule has 130 valence electrons. The van der Waals surface area contributed by atoms with Gasteiger partial charge in [0.05, 0.1) is 18.5 Å². The third kappa shape index (κ3) is 4.16. The molecule has 0 atom stereocenters. The molecule has 1 heterocycles. The van der Waals surface area contributed by atoms with Gasteiger partial charge in [-0.3, -0.25) is 4.79 Å². The Kier molecular flexibility index (Phi) is 6.01. The summed E-state index contributed by atoms with van der Waals surface area (Å²) in [4.78, 5) is 14.4. The average Bonchev–Trinajstić information content (AvgIpc) is 3.06. The highest BCUT2D eigenvalue weighted by atomic mass is 16.5. The molecule has 24 heavy (non-hydrogen) atoms. The van der Waals surface area contributed by atoms with Gasteiger partial charge in [-0.05, 0) is 56.4 Å². The van der Waals surface area contributed by atoms with E-state index in [1.807, 2.05) is 26.0 Å². The zero-order chi connectivity index (χ0) is 17.7. The molecule has 0 bridgehead atoms. The van der Waals surface area contributed by atoms with Crippen molar-refractivity contribution in [1.29, 1.82) is 5.41 Å². The minimum absolute atomic E-state index is 0.162. The zero-order valence-corrected chi connectivity index (χ0v) is 15.0. The summed E-state index contributed by atoms with van der Waals surface area (Å²) in [5.74, 6) is 0.665. The molecule has 0 spiro atoms. The van der Waals surface area contributed by atoms with Crippen molar-refractivity contribution in [3.63, 3.8) is 0 Å². The summed E-state index contributed by atoms with van der Waals surface area (Å²) < 4.78 is 5.35. The van der Waals surface area contributed by atoms with Gasteiger partial charge in [0, 0.05) is 25.7 Å². The van der Waals surface area contributed by atoms with Crippen LogP contribution in [0.3, 0.4) is 0 Å². The fourth-order valence-electron chi connectivity index (χ4n) is 3.11. The SMILES string of the molecule is COc1ccc(C)c(CNC(=O)/C=C(\C(C)=N)N2CCCC2)c1C. The van der Waals surface area contributed by atoms with E-state index in [0.29, 0.717) is 12.3 Å². The van der Waals surface area contributed by atoms with Crippen LogP contribution in [0.25, 0.3) is 0 Å². The number of hydrogen-bond acceptors (Lipinski definition) is 4. The van der Waals surface area contributed by atoms with Gasteiger partial charge in [-0.15, -0.1) is 0 Å². The van der Waals surface area contributed by atoms with Gasteiger partial charge in [0.25, 0.3) is 0 Å². The lowest BCUT2D eigenvalue weighted by molar-refractivity contribution is -0.116. The Morgan fingerprint density at radius 2 is 2.00 bits per heavy atom. The van der Waals surface area contributed by atoms with E-state index in [-0.39, 0.29) is 5.91 Å². The quantitative estimate of drug-likeness (QED) is 0.623. The highest BCUT2D eigenvalue weighted by Gasteiger charge is 2.17. The van der Waals surface area contributed by atoms with Gasteiger partial charge in [-0.1, -0.05) is 6.07 Å². The fraction of sp³-hybridized carbons (Fsp3) is 0.474. The van der Waals surface area contributed by atoms with Crippen LogP contribution < -0.4 is 10.1 Å². The van der Waals surface area contributed by atoms with E-state index in [9.17, 15) is 4.79 Å². The summed E-state index contributed by atoms with van der Waals surface area (Å²) in [7, 11) is 1.65. The predicted molar refractivity (Wildman–Crippen MR) is 96.6 cm³/mol.